The van der Waals surface area contributed by atoms with Crippen molar-refractivity contribution in [1.29, 1.82) is 0 Å². The fourth-order valence-corrected chi connectivity index (χ4v) is 2.10. The van der Waals surface area contributed by atoms with Gasteiger partial charge >= 0.3 is 0 Å². The fraction of sp³-hybridized carbons (Fsp3) is 0.111. The maximum absolute atomic E-state index is 10.4. The SMILES string of the molecule is O=CC(C=O)N=Nc1c(Cl)c(Cl)c(Cl)c(Cl)c1Cl. The molecular weight excluding hydrogens is 345 g/mol. The highest BCUT2D eigenvalue weighted by Gasteiger charge is 2.19. The Kier molecular flexibility index (Phi) is 5.82. The van der Waals surface area contributed by atoms with Gasteiger partial charge in [0.25, 0.3) is 0 Å². The molecule has 0 heterocycles. The lowest BCUT2D eigenvalue weighted by Gasteiger charge is -2.07. The summed E-state index contributed by atoms with van der Waals surface area (Å²) in [6.07, 6.45) is 0.606. The quantitative estimate of drug-likeness (QED) is 0.258. The van der Waals surface area contributed by atoms with Crippen LogP contribution in [0.25, 0.3) is 0 Å². The molecule has 0 aliphatic heterocycles. The number of nitrogens with zero attached hydrogens (tertiary/aromatic N) is 2. The normalized spacial score (nSPS) is 11.2. The van der Waals surface area contributed by atoms with Crippen molar-refractivity contribution in [1.82, 2.24) is 0 Å². The van der Waals surface area contributed by atoms with Crippen LogP contribution in [0, 0.1) is 0 Å². The van der Waals surface area contributed by atoms with Crippen LogP contribution in [-0.4, -0.2) is 18.6 Å². The summed E-state index contributed by atoms with van der Waals surface area (Å²) in [5, 5.41) is 6.75. The molecule has 1 aromatic rings. The largest absolute Gasteiger partial charge is 0.300 e. The number of hydrogen-bond acceptors (Lipinski definition) is 4. The standard InChI is InChI=1S/C9H3Cl5N2O2/c10-4-5(11)7(13)9(8(14)6(4)12)16-15-3(1-17)2-18/h1-3H. The number of hydrogen-bond donors (Lipinski definition) is 0. The highest BCUT2D eigenvalue weighted by molar-refractivity contribution is 6.56. The molecule has 0 amide bonds. The fourth-order valence-electron chi connectivity index (χ4n) is 0.892. The van der Waals surface area contributed by atoms with Crippen molar-refractivity contribution in [2.75, 3.05) is 0 Å². The first kappa shape index (κ1) is 15.7. The van der Waals surface area contributed by atoms with Crippen molar-refractivity contribution in [3.63, 3.8) is 0 Å². The van der Waals surface area contributed by atoms with Gasteiger partial charge in [-0.1, -0.05) is 58.0 Å². The molecular formula is C9H3Cl5N2O2. The molecule has 0 fully saturated rings. The molecule has 18 heavy (non-hydrogen) atoms. The second kappa shape index (κ2) is 6.68. The zero-order valence-electron chi connectivity index (χ0n) is 8.33. The van der Waals surface area contributed by atoms with Gasteiger partial charge in [0.1, 0.15) is 5.69 Å². The smallest absolute Gasteiger partial charge is 0.181 e. The van der Waals surface area contributed by atoms with E-state index in [9.17, 15) is 9.59 Å². The highest BCUT2D eigenvalue weighted by atomic mass is 35.5. The summed E-state index contributed by atoms with van der Waals surface area (Å²) in [4.78, 5) is 20.8. The number of halogens is 5. The Morgan fingerprint density at radius 3 is 1.56 bits per heavy atom. The Morgan fingerprint density at radius 1 is 0.778 bits per heavy atom. The van der Waals surface area contributed by atoms with Gasteiger partial charge in [0, 0.05) is 0 Å². The van der Waals surface area contributed by atoms with Crippen molar-refractivity contribution in [3.05, 3.63) is 25.1 Å². The van der Waals surface area contributed by atoms with Crippen LogP contribution in [-0.2, 0) is 9.59 Å². The first-order chi connectivity index (χ1) is 8.43. The van der Waals surface area contributed by atoms with E-state index in [0.29, 0.717) is 12.6 Å². The van der Waals surface area contributed by atoms with E-state index in [-0.39, 0.29) is 30.8 Å². The van der Waals surface area contributed by atoms with Gasteiger partial charge < -0.3 is 9.59 Å². The highest BCUT2D eigenvalue weighted by Crippen LogP contribution is 2.48. The summed E-state index contributed by atoms with van der Waals surface area (Å²) < 4.78 is 0. The van der Waals surface area contributed by atoms with E-state index >= 15 is 0 Å². The van der Waals surface area contributed by atoms with Crippen molar-refractivity contribution < 1.29 is 9.59 Å². The second-order valence-corrected chi connectivity index (χ2v) is 4.79. The molecule has 0 aliphatic carbocycles. The van der Waals surface area contributed by atoms with Crippen LogP contribution in [0.4, 0.5) is 5.69 Å². The number of carbonyl (C=O) groups excluding carboxylic acids is 2. The van der Waals surface area contributed by atoms with E-state index in [1.54, 1.807) is 0 Å². The van der Waals surface area contributed by atoms with Crippen LogP contribution in [0.5, 0.6) is 0 Å². The summed E-state index contributed by atoms with van der Waals surface area (Å²) in [5.74, 6) is 0. The third-order valence-electron chi connectivity index (χ3n) is 1.76. The van der Waals surface area contributed by atoms with Crippen molar-refractivity contribution in [3.8, 4) is 0 Å². The molecule has 0 aromatic heterocycles. The van der Waals surface area contributed by atoms with Gasteiger partial charge in [-0.2, -0.15) is 10.2 Å². The minimum atomic E-state index is -1.25. The third-order valence-corrected chi connectivity index (χ3v) is 4.01. The Bertz CT molecular complexity index is 495. The van der Waals surface area contributed by atoms with E-state index in [0.717, 1.165) is 0 Å². The summed E-state index contributed by atoms with van der Waals surface area (Å²) in [7, 11) is 0. The maximum Gasteiger partial charge on any atom is 0.181 e. The number of aldehydes is 2. The van der Waals surface area contributed by atoms with Crippen molar-refractivity contribution in [2.45, 2.75) is 6.04 Å². The van der Waals surface area contributed by atoms with Crippen LogP contribution in [0.3, 0.4) is 0 Å². The average Bonchev–Trinajstić information content (AvgIpc) is 2.38. The average molecular weight is 348 g/mol. The molecule has 0 bridgehead atoms. The Hall–Kier alpha value is -0.390. The molecule has 0 N–H and O–H groups in total. The molecule has 0 radical (unpaired) electrons. The lowest BCUT2D eigenvalue weighted by molar-refractivity contribution is -0.116. The second-order valence-electron chi connectivity index (χ2n) is 2.90. The van der Waals surface area contributed by atoms with Crippen molar-refractivity contribution in [2.24, 2.45) is 10.2 Å². The van der Waals surface area contributed by atoms with E-state index in [1.807, 2.05) is 0 Å². The topological polar surface area (TPSA) is 58.9 Å². The summed E-state index contributed by atoms with van der Waals surface area (Å²) in [6.45, 7) is 0. The van der Waals surface area contributed by atoms with Crippen molar-refractivity contribution >= 4 is 76.3 Å². The van der Waals surface area contributed by atoms with Gasteiger partial charge in [-0.15, -0.1) is 0 Å². The zero-order valence-corrected chi connectivity index (χ0v) is 12.1. The van der Waals surface area contributed by atoms with Crippen LogP contribution >= 0.6 is 58.0 Å². The number of rotatable bonds is 4. The minimum absolute atomic E-state index is 0.0189. The predicted molar refractivity (Wildman–Crippen MR) is 71.9 cm³/mol. The zero-order chi connectivity index (χ0) is 13.9. The molecule has 4 nitrogen and oxygen atoms in total. The molecule has 96 valence electrons. The molecule has 0 spiro atoms. The molecule has 0 atom stereocenters. The van der Waals surface area contributed by atoms with Gasteiger partial charge in [-0.3, -0.25) is 0 Å². The summed E-state index contributed by atoms with van der Waals surface area (Å²) in [6, 6.07) is -1.25. The molecule has 0 saturated heterocycles. The first-order valence-electron chi connectivity index (χ1n) is 4.26. The number of carbonyl (C=O) groups is 2. The third kappa shape index (κ3) is 3.13. The maximum atomic E-state index is 10.4. The van der Waals surface area contributed by atoms with Crippen LogP contribution in [0.2, 0.25) is 25.1 Å². The van der Waals surface area contributed by atoms with Gasteiger partial charge in [0.05, 0.1) is 25.1 Å². The van der Waals surface area contributed by atoms with Gasteiger partial charge in [-0.05, 0) is 0 Å². The molecule has 1 aromatic carbocycles. The van der Waals surface area contributed by atoms with Crippen LogP contribution in [0.15, 0.2) is 10.2 Å². The van der Waals surface area contributed by atoms with Crippen LogP contribution in [0.1, 0.15) is 0 Å². The monoisotopic (exact) mass is 346 g/mol. The molecule has 0 saturated carbocycles. The summed E-state index contributed by atoms with van der Waals surface area (Å²) in [5.41, 5.74) is -0.0635. The minimum Gasteiger partial charge on any atom is -0.300 e. The van der Waals surface area contributed by atoms with Crippen LogP contribution < -0.4 is 0 Å². The summed E-state index contributed by atoms with van der Waals surface area (Å²) >= 11 is 29.1. The predicted octanol–water partition coefficient (Wildman–Crippen LogP) is 4.80. The lowest BCUT2D eigenvalue weighted by atomic mass is 10.3. The van der Waals surface area contributed by atoms with E-state index in [2.05, 4.69) is 10.2 Å². The Balaban J connectivity index is 3.34. The molecule has 1 rings (SSSR count). The Labute approximate surface area is 127 Å². The van der Waals surface area contributed by atoms with Gasteiger partial charge in [0.2, 0.25) is 0 Å². The van der Waals surface area contributed by atoms with Gasteiger partial charge in [-0.25, -0.2) is 0 Å². The van der Waals surface area contributed by atoms with E-state index < -0.39 is 6.04 Å². The molecule has 9 heteroatoms. The van der Waals surface area contributed by atoms with Gasteiger partial charge in [0.15, 0.2) is 18.6 Å². The van der Waals surface area contributed by atoms with E-state index in [4.69, 9.17) is 58.0 Å². The first-order valence-corrected chi connectivity index (χ1v) is 6.15. The van der Waals surface area contributed by atoms with E-state index in [1.165, 1.54) is 0 Å². The molecule has 0 aliphatic rings. The number of azo groups is 1. The lowest BCUT2D eigenvalue weighted by Crippen LogP contribution is -2.05. The molecule has 0 unspecified atom stereocenters. The number of benzene rings is 1. The Morgan fingerprint density at radius 2 is 1.17 bits per heavy atom.